The second kappa shape index (κ2) is 8.00. The first-order valence-electron chi connectivity index (χ1n) is 7.57. The van der Waals surface area contributed by atoms with E-state index in [-0.39, 0.29) is 6.09 Å². The third kappa shape index (κ3) is 4.72. The van der Waals surface area contributed by atoms with E-state index in [1.807, 2.05) is 37.3 Å². The summed E-state index contributed by atoms with van der Waals surface area (Å²) < 4.78 is 5.00. The highest BCUT2D eigenvalue weighted by molar-refractivity contribution is 5.67. The monoisotopic (exact) mass is 292 g/mol. The smallest absolute Gasteiger partial charge is 0.409 e. The molecule has 1 atom stereocenters. The fourth-order valence-electron chi connectivity index (χ4n) is 2.52. The molecule has 5 heteroatoms. The van der Waals surface area contributed by atoms with Gasteiger partial charge in [-0.05, 0) is 18.9 Å². The van der Waals surface area contributed by atoms with E-state index in [2.05, 4.69) is 4.90 Å². The normalized spacial score (nSPS) is 17.5. The van der Waals surface area contributed by atoms with Gasteiger partial charge in [-0.25, -0.2) is 4.79 Å². The van der Waals surface area contributed by atoms with Crippen molar-refractivity contribution in [3.05, 3.63) is 35.9 Å². The summed E-state index contributed by atoms with van der Waals surface area (Å²) in [6.07, 6.45) is 0.0689. The lowest BCUT2D eigenvalue weighted by atomic mass is 10.1. The van der Waals surface area contributed by atoms with Crippen LogP contribution >= 0.6 is 0 Å². The highest BCUT2D eigenvalue weighted by atomic mass is 16.6. The van der Waals surface area contributed by atoms with E-state index < -0.39 is 6.10 Å². The number of carbonyl (C=O) groups excluding carboxylic acids is 1. The van der Waals surface area contributed by atoms with Gasteiger partial charge in [-0.2, -0.15) is 0 Å². The average molecular weight is 292 g/mol. The lowest BCUT2D eigenvalue weighted by molar-refractivity contribution is 0.0725. The summed E-state index contributed by atoms with van der Waals surface area (Å²) in [7, 11) is 0. The van der Waals surface area contributed by atoms with Crippen LogP contribution in [0.3, 0.4) is 0 Å². The molecule has 0 spiro atoms. The van der Waals surface area contributed by atoms with Crippen LogP contribution in [0.5, 0.6) is 0 Å². The number of aliphatic hydroxyl groups excluding tert-OH is 1. The first kappa shape index (κ1) is 15.8. The summed E-state index contributed by atoms with van der Waals surface area (Å²) in [6.45, 7) is 6.13. The zero-order valence-electron chi connectivity index (χ0n) is 12.6. The van der Waals surface area contributed by atoms with Gasteiger partial charge in [-0.1, -0.05) is 30.3 Å². The molecule has 1 aliphatic heterocycles. The van der Waals surface area contributed by atoms with E-state index in [1.165, 1.54) is 0 Å². The predicted molar refractivity (Wildman–Crippen MR) is 81.1 cm³/mol. The molecule has 1 saturated heterocycles. The van der Waals surface area contributed by atoms with Crippen molar-refractivity contribution in [1.29, 1.82) is 0 Å². The first-order chi connectivity index (χ1) is 10.2. The summed E-state index contributed by atoms with van der Waals surface area (Å²) in [5.41, 5.74) is 0.961. The molecule has 0 radical (unpaired) electrons. The van der Waals surface area contributed by atoms with Crippen LogP contribution in [0.15, 0.2) is 30.3 Å². The third-order valence-corrected chi connectivity index (χ3v) is 3.80. The largest absolute Gasteiger partial charge is 0.450 e. The molecule has 2 rings (SSSR count). The number of aliphatic hydroxyl groups is 1. The van der Waals surface area contributed by atoms with Crippen molar-refractivity contribution < 1.29 is 14.6 Å². The molecule has 1 aromatic carbocycles. The van der Waals surface area contributed by atoms with Crippen LogP contribution in [-0.2, 0) is 4.74 Å². The van der Waals surface area contributed by atoms with Gasteiger partial charge < -0.3 is 14.7 Å². The summed E-state index contributed by atoms with van der Waals surface area (Å²) in [6, 6.07) is 9.73. The van der Waals surface area contributed by atoms with E-state index in [1.54, 1.807) is 4.90 Å². The molecule has 1 heterocycles. The van der Waals surface area contributed by atoms with Gasteiger partial charge in [-0.15, -0.1) is 0 Å². The van der Waals surface area contributed by atoms with Crippen molar-refractivity contribution in [2.75, 3.05) is 39.3 Å². The highest BCUT2D eigenvalue weighted by Crippen LogP contribution is 2.17. The number of carbonyl (C=O) groups is 1. The Kier molecular flexibility index (Phi) is 6.02. The van der Waals surface area contributed by atoms with Gasteiger partial charge in [0.2, 0.25) is 0 Å². The first-order valence-corrected chi connectivity index (χ1v) is 7.57. The molecule has 1 aromatic rings. The van der Waals surface area contributed by atoms with Crippen molar-refractivity contribution in [2.45, 2.75) is 19.4 Å². The molecule has 21 heavy (non-hydrogen) atoms. The lowest BCUT2D eigenvalue weighted by Gasteiger charge is -2.34. The summed E-state index contributed by atoms with van der Waals surface area (Å²) in [4.78, 5) is 15.6. The van der Waals surface area contributed by atoms with E-state index in [9.17, 15) is 9.90 Å². The van der Waals surface area contributed by atoms with Crippen LogP contribution < -0.4 is 0 Å². The van der Waals surface area contributed by atoms with E-state index in [0.29, 0.717) is 26.1 Å². The molecule has 1 unspecified atom stereocenters. The quantitative estimate of drug-likeness (QED) is 0.900. The molecule has 0 aliphatic carbocycles. The molecule has 5 nitrogen and oxygen atoms in total. The molecule has 1 N–H and O–H groups in total. The van der Waals surface area contributed by atoms with Gasteiger partial charge in [0.25, 0.3) is 0 Å². The van der Waals surface area contributed by atoms with E-state index >= 15 is 0 Å². The Labute approximate surface area is 126 Å². The van der Waals surface area contributed by atoms with Crippen molar-refractivity contribution in [1.82, 2.24) is 9.80 Å². The molecular formula is C16H24N2O3. The van der Waals surface area contributed by atoms with Crippen LogP contribution in [0.1, 0.15) is 25.0 Å². The van der Waals surface area contributed by atoms with Crippen LogP contribution in [0.25, 0.3) is 0 Å². The number of amides is 1. The van der Waals surface area contributed by atoms with Gasteiger partial charge in [0.1, 0.15) is 0 Å². The molecule has 116 valence electrons. The number of piperazine rings is 1. The second-order valence-electron chi connectivity index (χ2n) is 5.24. The van der Waals surface area contributed by atoms with E-state index in [0.717, 1.165) is 25.2 Å². The maximum absolute atomic E-state index is 11.6. The standard InChI is InChI=1S/C16H24N2O3/c1-2-21-16(20)18-12-10-17(11-13-18)9-8-15(19)14-6-4-3-5-7-14/h3-7,15,19H,2,8-13H2,1H3. The van der Waals surface area contributed by atoms with Gasteiger partial charge in [0.05, 0.1) is 12.7 Å². The van der Waals surface area contributed by atoms with Gasteiger partial charge in [-0.3, -0.25) is 4.90 Å². The topological polar surface area (TPSA) is 53.0 Å². The minimum atomic E-state index is -0.422. The van der Waals surface area contributed by atoms with Gasteiger partial charge >= 0.3 is 6.09 Å². The molecule has 1 amide bonds. The molecule has 0 saturated carbocycles. The predicted octanol–water partition coefficient (Wildman–Crippen LogP) is 1.88. The molecular weight excluding hydrogens is 268 g/mol. The minimum Gasteiger partial charge on any atom is -0.450 e. The Morgan fingerprint density at radius 3 is 2.52 bits per heavy atom. The molecule has 1 aliphatic rings. The average Bonchev–Trinajstić information content (AvgIpc) is 2.54. The second-order valence-corrected chi connectivity index (χ2v) is 5.24. The van der Waals surface area contributed by atoms with Gasteiger partial charge in [0, 0.05) is 32.7 Å². The number of nitrogens with zero attached hydrogens (tertiary/aromatic N) is 2. The maximum atomic E-state index is 11.6. The zero-order chi connectivity index (χ0) is 15.1. The molecule has 1 fully saturated rings. The SMILES string of the molecule is CCOC(=O)N1CCN(CCC(O)c2ccccc2)CC1. The summed E-state index contributed by atoms with van der Waals surface area (Å²) in [5, 5.41) is 10.2. The van der Waals surface area contributed by atoms with Crippen LogP contribution in [0, 0.1) is 0 Å². The highest BCUT2D eigenvalue weighted by Gasteiger charge is 2.22. The number of rotatable bonds is 5. The van der Waals surface area contributed by atoms with Crippen molar-refractivity contribution in [2.24, 2.45) is 0 Å². The van der Waals surface area contributed by atoms with Crippen molar-refractivity contribution in [3.63, 3.8) is 0 Å². The Morgan fingerprint density at radius 2 is 1.90 bits per heavy atom. The Bertz CT molecular complexity index is 430. The summed E-state index contributed by atoms with van der Waals surface area (Å²) in [5.74, 6) is 0. The van der Waals surface area contributed by atoms with Gasteiger partial charge in [0.15, 0.2) is 0 Å². The zero-order valence-corrected chi connectivity index (χ0v) is 12.6. The Morgan fingerprint density at radius 1 is 1.24 bits per heavy atom. The number of benzene rings is 1. The molecule has 0 bridgehead atoms. The Balaban J connectivity index is 1.70. The number of ether oxygens (including phenoxy) is 1. The van der Waals surface area contributed by atoms with Crippen LogP contribution in [0.4, 0.5) is 4.79 Å². The fraction of sp³-hybridized carbons (Fsp3) is 0.562. The van der Waals surface area contributed by atoms with Crippen molar-refractivity contribution in [3.8, 4) is 0 Å². The minimum absolute atomic E-state index is 0.221. The third-order valence-electron chi connectivity index (χ3n) is 3.80. The maximum Gasteiger partial charge on any atom is 0.409 e. The summed E-state index contributed by atoms with van der Waals surface area (Å²) >= 11 is 0. The van der Waals surface area contributed by atoms with Crippen molar-refractivity contribution >= 4 is 6.09 Å². The van der Waals surface area contributed by atoms with E-state index in [4.69, 9.17) is 4.74 Å². The van der Waals surface area contributed by atoms with Crippen LogP contribution in [0.2, 0.25) is 0 Å². The fourth-order valence-corrected chi connectivity index (χ4v) is 2.52. The lowest BCUT2D eigenvalue weighted by Crippen LogP contribution is -2.49. The number of hydrogen-bond donors (Lipinski definition) is 1. The molecule has 0 aromatic heterocycles. The Hall–Kier alpha value is -1.59. The number of hydrogen-bond acceptors (Lipinski definition) is 4. The van der Waals surface area contributed by atoms with Crippen LogP contribution in [-0.4, -0.2) is 60.3 Å².